The summed E-state index contributed by atoms with van der Waals surface area (Å²) in [4.78, 5) is 18.0. The fraction of sp³-hybridized carbons (Fsp3) is 0.417. The molecule has 0 bridgehead atoms. The van der Waals surface area contributed by atoms with Crippen molar-refractivity contribution in [3.8, 4) is 6.07 Å². The van der Waals surface area contributed by atoms with Gasteiger partial charge in [0, 0.05) is 19.3 Å². The van der Waals surface area contributed by atoms with E-state index in [1.165, 1.54) is 0 Å². The molecule has 0 atom stereocenters. The van der Waals surface area contributed by atoms with Crippen molar-refractivity contribution in [2.24, 2.45) is 0 Å². The number of esters is 1. The van der Waals surface area contributed by atoms with E-state index in [1.54, 1.807) is 24.4 Å². The highest BCUT2D eigenvalue weighted by Gasteiger charge is 2.21. The summed E-state index contributed by atoms with van der Waals surface area (Å²) in [6.45, 7) is 1.60. The molecule has 0 aromatic carbocycles. The Hall–Kier alpha value is -2.09. The number of hydrogen-bond donors (Lipinski definition) is 0. The summed E-state index contributed by atoms with van der Waals surface area (Å²) in [5.41, 5.74) is 0.435. The highest BCUT2D eigenvalue weighted by atomic mass is 16.5. The third-order valence-corrected chi connectivity index (χ3v) is 2.68. The molecule has 88 valence electrons. The number of ether oxygens (including phenoxy) is 1. The van der Waals surface area contributed by atoms with Gasteiger partial charge in [-0.15, -0.1) is 0 Å². The van der Waals surface area contributed by atoms with Crippen molar-refractivity contribution < 1.29 is 9.53 Å². The standard InChI is InChI=1S/C12H13N3O2/c13-5-9-17-12(16)10-4-3-6-14-11(10)15-7-1-2-8-15/h3-4,6H,1-2,7-9H2. The third-order valence-electron chi connectivity index (χ3n) is 2.68. The van der Waals surface area contributed by atoms with Crippen LogP contribution in [0.4, 0.5) is 5.82 Å². The van der Waals surface area contributed by atoms with Gasteiger partial charge in [-0.3, -0.25) is 0 Å². The number of pyridine rings is 1. The highest BCUT2D eigenvalue weighted by molar-refractivity contribution is 5.94. The van der Waals surface area contributed by atoms with Crippen molar-refractivity contribution in [1.82, 2.24) is 4.98 Å². The maximum atomic E-state index is 11.7. The van der Waals surface area contributed by atoms with Crippen molar-refractivity contribution in [3.05, 3.63) is 23.9 Å². The second-order valence-electron chi connectivity index (χ2n) is 3.80. The number of carbonyl (C=O) groups is 1. The summed E-state index contributed by atoms with van der Waals surface area (Å²) in [6, 6.07) is 5.16. The number of nitriles is 1. The van der Waals surface area contributed by atoms with Crippen LogP contribution in [0, 0.1) is 11.3 Å². The van der Waals surface area contributed by atoms with Crippen molar-refractivity contribution in [2.45, 2.75) is 12.8 Å². The van der Waals surface area contributed by atoms with E-state index in [4.69, 9.17) is 10.00 Å². The average Bonchev–Trinajstić information content (AvgIpc) is 2.89. The van der Waals surface area contributed by atoms with Gasteiger partial charge < -0.3 is 9.64 Å². The van der Waals surface area contributed by atoms with E-state index in [0.29, 0.717) is 11.4 Å². The van der Waals surface area contributed by atoms with Gasteiger partial charge in [0.1, 0.15) is 17.5 Å². The van der Waals surface area contributed by atoms with Crippen LogP contribution in [0.1, 0.15) is 23.2 Å². The van der Waals surface area contributed by atoms with Gasteiger partial charge in [0.15, 0.2) is 6.61 Å². The number of aromatic nitrogens is 1. The summed E-state index contributed by atoms with van der Waals surface area (Å²) in [5.74, 6) is 0.175. The number of nitrogens with zero attached hydrogens (tertiary/aromatic N) is 3. The van der Waals surface area contributed by atoms with E-state index >= 15 is 0 Å². The van der Waals surface area contributed by atoms with E-state index in [-0.39, 0.29) is 6.61 Å². The quantitative estimate of drug-likeness (QED) is 0.735. The minimum Gasteiger partial charge on any atom is -0.447 e. The summed E-state index contributed by atoms with van der Waals surface area (Å²) in [6.07, 6.45) is 3.89. The van der Waals surface area contributed by atoms with E-state index in [2.05, 4.69) is 9.88 Å². The van der Waals surface area contributed by atoms with Gasteiger partial charge in [-0.2, -0.15) is 5.26 Å². The molecule has 1 aliphatic rings. The predicted octanol–water partition coefficient (Wildman–Crippen LogP) is 1.36. The Morgan fingerprint density at radius 2 is 2.29 bits per heavy atom. The Bertz CT molecular complexity index is 447. The SMILES string of the molecule is N#CCOC(=O)c1cccnc1N1CCCC1. The molecule has 0 radical (unpaired) electrons. The van der Waals surface area contributed by atoms with Crippen LogP contribution in [0.5, 0.6) is 0 Å². The van der Waals surface area contributed by atoms with Gasteiger partial charge in [0.2, 0.25) is 0 Å². The number of anilines is 1. The second-order valence-corrected chi connectivity index (χ2v) is 3.80. The lowest BCUT2D eigenvalue weighted by Crippen LogP contribution is -2.22. The zero-order chi connectivity index (χ0) is 12.1. The number of hydrogen-bond acceptors (Lipinski definition) is 5. The predicted molar refractivity (Wildman–Crippen MR) is 61.6 cm³/mol. The summed E-state index contributed by atoms with van der Waals surface area (Å²) in [7, 11) is 0. The molecule has 17 heavy (non-hydrogen) atoms. The molecule has 1 aromatic heterocycles. The Morgan fingerprint density at radius 1 is 1.53 bits per heavy atom. The maximum absolute atomic E-state index is 11.7. The number of rotatable bonds is 3. The fourth-order valence-electron chi connectivity index (χ4n) is 1.91. The van der Waals surface area contributed by atoms with Gasteiger partial charge in [-0.05, 0) is 25.0 Å². The molecule has 5 nitrogen and oxygen atoms in total. The van der Waals surface area contributed by atoms with Gasteiger partial charge in [0.05, 0.1) is 0 Å². The second kappa shape index (κ2) is 5.30. The van der Waals surface area contributed by atoms with Crippen molar-refractivity contribution in [2.75, 3.05) is 24.6 Å². The Kier molecular flexibility index (Phi) is 3.55. The van der Waals surface area contributed by atoms with E-state index in [1.807, 2.05) is 0 Å². The largest absolute Gasteiger partial charge is 0.447 e. The zero-order valence-corrected chi connectivity index (χ0v) is 9.43. The van der Waals surface area contributed by atoms with Gasteiger partial charge >= 0.3 is 5.97 Å². The van der Waals surface area contributed by atoms with Gasteiger partial charge in [-0.1, -0.05) is 0 Å². The lowest BCUT2D eigenvalue weighted by molar-refractivity contribution is 0.0555. The van der Waals surface area contributed by atoms with Crippen LogP contribution in [-0.4, -0.2) is 30.6 Å². The lowest BCUT2D eigenvalue weighted by Gasteiger charge is -2.18. The van der Waals surface area contributed by atoms with Crippen LogP contribution >= 0.6 is 0 Å². The van der Waals surface area contributed by atoms with Crippen molar-refractivity contribution in [3.63, 3.8) is 0 Å². The molecule has 5 heteroatoms. The topological polar surface area (TPSA) is 66.2 Å². The van der Waals surface area contributed by atoms with Crippen molar-refractivity contribution in [1.29, 1.82) is 5.26 Å². The van der Waals surface area contributed by atoms with Gasteiger partial charge in [-0.25, -0.2) is 9.78 Å². The molecule has 0 N–H and O–H groups in total. The molecule has 1 saturated heterocycles. The molecule has 0 saturated carbocycles. The molecular formula is C12H13N3O2. The molecule has 1 aliphatic heterocycles. The normalized spacial score (nSPS) is 14.4. The minimum absolute atomic E-state index is 0.229. The molecule has 2 heterocycles. The summed E-state index contributed by atoms with van der Waals surface area (Å²) < 4.78 is 4.81. The first-order chi connectivity index (χ1) is 8.33. The number of carbonyl (C=O) groups excluding carboxylic acids is 1. The third kappa shape index (κ3) is 2.53. The Balaban J connectivity index is 2.21. The molecule has 0 unspecified atom stereocenters. The van der Waals surface area contributed by atoms with Crippen LogP contribution in [0.15, 0.2) is 18.3 Å². The van der Waals surface area contributed by atoms with E-state index < -0.39 is 5.97 Å². The lowest BCUT2D eigenvalue weighted by atomic mass is 10.2. The average molecular weight is 231 g/mol. The maximum Gasteiger partial charge on any atom is 0.342 e. The molecule has 1 aromatic rings. The smallest absolute Gasteiger partial charge is 0.342 e. The first-order valence-electron chi connectivity index (χ1n) is 5.57. The fourth-order valence-corrected chi connectivity index (χ4v) is 1.91. The molecule has 2 rings (SSSR count). The molecular weight excluding hydrogens is 218 g/mol. The van der Waals surface area contributed by atoms with Crippen molar-refractivity contribution >= 4 is 11.8 Å². The first kappa shape index (κ1) is 11.4. The zero-order valence-electron chi connectivity index (χ0n) is 9.43. The van der Waals surface area contributed by atoms with E-state index in [9.17, 15) is 4.79 Å². The van der Waals surface area contributed by atoms with Crippen LogP contribution in [0.25, 0.3) is 0 Å². The molecule has 0 aliphatic carbocycles. The van der Waals surface area contributed by atoms with Crippen LogP contribution in [0.3, 0.4) is 0 Å². The molecule has 0 spiro atoms. The van der Waals surface area contributed by atoms with E-state index in [0.717, 1.165) is 25.9 Å². The van der Waals surface area contributed by atoms with Gasteiger partial charge in [0.25, 0.3) is 0 Å². The monoisotopic (exact) mass is 231 g/mol. The minimum atomic E-state index is -0.485. The summed E-state index contributed by atoms with van der Waals surface area (Å²) >= 11 is 0. The highest BCUT2D eigenvalue weighted by Crippen LogP contribution is 2.22. The van der Waals surface area contributed by atoms with Crippen LogP contribution in [-0.2, 0) is 4.74 Å². The van der Waals surface area contributed by atoms with Crippen LogP contribution in [0.2, 0.25) is 0 Å². The Labute approximate surface area is 99.6 Å². The van der Waals surface area contributed by atoms with Crippen LogP contribution < -0.4 is 4.90 Å². The summed E-state index contributed by atoms with van der Waals surface area (Å²) in [5, 5.41) is 8.39. The molecule has 1 fully saturated rings. The first-order valence-corrected chi connectivity index (χ1v) is 5.57. The Morgan fingerprint density at radius 3 is 3.00 bits per heavy atom. The molecule has 0 amide bonds.